The van der Waals surface area contributed by atoms with E-state index >= 15 is 0 Å². The Morgan fingerprint density at radius 1 is 0.821 bits per heavy atom. The molecule has 2 unspecified atom stereocenters. The minimum Gasteiger partial charge on any atom is -0.466 e. The molecule has 0 rings (SSSR count). The van der Waals surface area contributed by atoms with E-state index in [1.165, 1.54) is 6.92 Å². The molecule has 0 heterocycles. The van der Waals surface area contributed by atoms with Crippen LogP contribution in [0.15, 0.2) is 0 Å². The number of halogens is 1. The Morgan fingerprint density at radius 2 is 1.43 bits per heavy atom. The van der Waals surface area contributed by atoms with Crippen molar-refractivity contribution in [3.05, 3.63) is 0 Å². The summed E-state index contributed by atoms with van der Waals surface area (Å²) < 4.78 is 10.3. The fourth-order valence-corrected chi connectivity index (χ4v) is 3.55. The molecule has 0 bridgehead atoms. The molecule has 0 saturated carbocycles. The lowest BCUT2D eigenvalue weighted by Crippen LogP contribution is -2.17. The Hall–Kier alpha value is -1.10. The van der Waals surface area contributed by atoms with E-state index in [0.717, 1.165) is 77.0 Å². The van der Waals surface area contributed by atoms with Gasteiger partial charge < -0.3 is 9.47 Å². The van der Waals surface area contributed by atoms with Crippen LogP contribution >= 0.6 is 11.6 Å². The molecule has 0 aromatic heterocycles. The van der Waals surface area contributed by atoms with Gasteiger partial charge in [-0.05, 0) is 63.5 Å². The third-order valence-corrected chi connectivity index (χ3v) is 5.16. The van der Waals surface area contributed by atoms with E-state index in [-0.39, 0.29) is 29.2 Å². The lowest BCUT2D eigenvalue weighted by molar-refractivity contribution is -0.147. The smallest absolute Gasteiger partial charge is 0.305 e. The monoisotopic (exact) mass is 418 g/mol. The van der Waals surface area contributed by atoms with Gasteiger partial charge in [0.05, 0.1) is 6.61 Å². The van der Waals surface area contributed by atoms with Crippen LogP contribution in [0.3, 0.4) is 0 Å². The summed E-state index contributed by atoms with van der Waals surface area (Å²) in [6.07, 6.45) is 11.4. The second kappa shape index (κ2) is 18.0. The van der Waals surface area contributed by atoms with Crippen molar-refractivity contribution in [2.24, 2.45) is 5.92 Å². The number of hydrogen-bond acceptors (Lipinski definition) is 5. The first-order valence-electron chi connectivity index (χ1n) is 10.9. The standard InChI is InChI=1S/C22H39ClO5/c1-4-6-9-15-20(28-18(3)24)16-12-14-19(22(23)26)13-10-7-8-11-17-21(25)27-5-2/h19-20H,4-17H2,1-3H3. The molecule has 0 radical (unpaired) electrons. The van der Waals surface area contributed by atoms with Gasteiger partial charge in [-0.25, -0.2) is 0 Å². The van der Waals surface area contributed by atoms with Crippen molar-refractivity contribution in [2.45, 2.75) is 110 Å². The first-order chi connectivity index (χ1) is 13.4. The number of carbonyl (C=O) groups excluding carboxylic acids is 3. The number of ether oxygens (including phenoxy) is 2. The Morgan fingerprint density at radius 3 is 2.04 bits per heavy atom. The molecular formula is C22H39ClO5. The SMILES string of the molecule is CCCCCC(CCCC(CCCCCCC(=O)OCC)C(=O)Cl)OC(C)=O. The minimum atomic E-state index is -0.276. The highest BCUT2D eigenvalue weighted by Gasteiger charge is 2.18. The first-order valence-corrected chi connectivity index (χ1v) is 11.3. The van der Waals surface area contributed by atoms with E-state index < -0.39 is 0 Å². The number of esters is 2. The highest BCUT2D eigenvalue weighted by Crippen LogP contribution is 2.22. The van der Waals surface area contributed by atoms with Crippen LogP contribution in [0.2, 0.25) is 0 Å². The molecule has 0 aliphatic rings. The van der Waals surface area contributed by atoms with E-state index in [2.05, 4.69) is 6.92 Å². The maximum Gasteiger partial charge on any atom is 0.305 e. The van der Waals surface area contributed by atoms with Gasteiger partial charge in [-0.1, -0.05) is 39.0 Å². The third-order valence-electron chi connectivity index (χ3n) is 4.85. The van der Waals surface area contributed by atoms with Gasteiger partial charge in [-0.15, -0.1) is 0 Å². The summed E-state index contributed by atoms with van der Waals surface area (Å²) in [6, 6.07) is 0. The Balaban J connectivity index is 4.06. The zero-order valence-electron chi connectivity index (χ0n) is 18.0. The number of hydrogen-bond donors (Lipinski definition) is 0. The van der Waals surface area contributed by atoms with Crippen molar-refractivity contribution in [3.8, 4) is 0 Å². The topological polar surface area (TPSA) is 69.7 Å². The predicted octanol–water partition coefficient (Wildman–Crippen LogP) is 5.95. The van der Waals surface area contributed by atoms with Gasteiger partial charge in [-0.2, -0.15) is 0 Å². The van der Waals surface area contributed by atoms with E-state index in [0.29, 0.717) is 13.0 Å². The lowest BCUT2D eigenvalue weighted by Gasteiger charge is -2.18. The highest BCUT2D eigenvalue weighted by atomic mass is 35.5. The minimum absolute atomic E-state index is 0.0574. The van der Waals surface area contributed by atoms with Crippen molar-refractivity contribution in [2.75, 3.05) is 6.61 Å². The van der Waals surface area contributed by atoms with Gasteiger partial charge in [0.2, 0.25) is 5.24 Å². The molecule has 0 spiro atoms. The number of carbonyl (C=O) groups is 3. The molecule has 0 aromatic carbocycles. The molecule has 28 heavy (non-hydrogen) atoms. The predicted molar refractivity (Wildman–Crippen MR) is 112 cm³/mol. The van der Waals surface area contributed by atoms with Gasteiger partial charge in [0.25, 0.3) is 0 Å². The molecule has 0 aromatic rings. The van der Waals surface area contributed by atoms with Gasteiger partial charge in [0.1, 0.15) is 6.10 Å². The second-order valence-electron chi connectivity index (χ2n) is 7.42. The summed E-state index contributed by atoms with van der Waals surface area (Å²) in [5.74, 6) is -0.521. The van der Waals surface area contributed by atoms with Crippen LogP contribution in [0.25, 0.3) is 0 Å². The number of rotatable bonds is 18. The molecule has 0 saturated heterocycles. The van der Waals surface area contributed by atoms with Crippen LogP contribution in [0.4, 0.5) is 0 Å². The molecule has 6 heteroatoms. The largest absolute Gasteiger partial charge is 0.466 e. The number of unbranched alkanes of at least 4 members (excludes halogenated alkanes) is 5. The molecule has 0 N–H and O–H groups in total. The molecule has 0 fully saturated rings. The van der Waals surface area contributed by atoms with E-state index in [4.69, 9.17) is 21.1 Å². The maximum absolute atomic E-state index is 11.7. The van der Waals surface area contributed by atoms with Crippen molar-refractivity contribution in [3.63, 3.8) is 0 Å². The molecular weight excluding hydrogens is 380 g/mol. The fraction of sp³-hybridized carbons (Fsp3) is 0.864. The van der Waals surface area contributed by atoms with Gasteiger partial charge in [0, 0.05) is 19.3 Å². The Labute approximate surface area is 175 Å². The summed E-state index contributed by atoms with van der Waals surface area (Å²) in [5, 5.41) is -0.276. The molecule has 2 atom stereocenters. The normalized spacial score (nSPS) is 13.0. The average Bonchev–Trinajstić information content (AvgIpc) is 2.62. The fourth-order valence-electron chi connectivity index (χ4n) is 3.33. The van der Waals surface area contributed by atoms with Crippen LogP contribution in [-0.4, -0.2) is 29.9 Å². The van der Waals surface area contributed by atoms with Gasteiger partial charge in [-0.3, -0.25) is 14.4 Å². The Kier molecular flexibility index (Phi) is 17.3. The van der Waals surface area contributed by atoms with Crippen molar-refractivity contribution >= 4 is 28.8 Å². The van der Waals surface area contributed by atoms with Crippen molar-refractivity contribution < 1.29 is 23.9 Å². The highest BCUT2D eigenvalue weighted by molar-refractivity contribution is 6.63. The van der Waals surface area contributed by atoms with Crippen molar-refractivity contribution in [1.82, 2.24) is 0 Å². The molecule has 0 amide bonds. The summed E-state index contributed by atoms with van der Waals surface area (Å²) in [4.78, 5) is 34.3. The van der Waals surface area contributed by atoms with Crippen LogP contribution in [-0.2, 0) is 23.9 Å². The summed E-state index contributed by atoms with van der Waals surface area (Å²) in [6.45, 7) is 5.82. The Bertz CT molecular complexity index is 439. The van der Waals surface area contributed by atoms with E-state index in [1.807, 2.05) is 0 Å². The quantitative estimate of drug-likeness (QED) is 0.156. The summed E-state index contributed by atoms with van der Waals surface area (Å²) in [5.41, 5.74) is 0. The summed E-state index contributed by atoms with van der Waals surface area (Å²) in [7, 11) is 0. The zero-order valence-corrected chi connectivity index (χ0v) is 18.7. The third kappa shape index (κ3) is 15.9. The lowest BCUT2D eigenvalue weighted by atomic mass is 9.94. The molecule has 5 nitrogen and oxygen atoms in total. The van der Waals surface area contributed by atoms with Crippen LogP contribution in [0.1, 0.15) is 104 Å². The van der Waals surface area contributed by atoms with Gasteiger partial charge in [0.15, 0.2) is 0 Å². The molecule has 0 aliphatic heterocycles. The summed E-state index contributed by atoms with van der Waals surface area (Å²) >= 11 is 5.78. The van der Waals surface area contributed by atoms with Crippen molar-refractivity contribution in [1.29, 1.82) is 0 Å². The van der Waals surface area contributed by atoms with Gasteiger partial charge >= 0.3 is 11.9 Å². The van der Waals surface area contributed by atoms with Crippen LogP contribution in [0.5, 0.6) is 0 Å². The average molecular weight is 419 g/mol. The molecule has 0 aliphatic carbocycles. The van der Waals surface area contributed by atoms with Crippen LogP contribution < -0.4 is 0 Å². The first kappa shape index (κ1) is 26.9. The van der Waals surface area contributed by atoms with E-state index in [1.54, 1.807) is 6.92 Å². The second-order valence-corrected chi connectivity index (χ2v) is 7.79. The molecule has 164 valence electrons. The van der Waals surface area contributed by atoms with E-state index in [9.17, 15) is 14.4 Å². The maximum atomic E-state index is 11.7. The van der Waals surface area contributed by atoms with Crippen LogP contribution in [0, 0.1) is 5.92 Å². The zero-order chi connectivity index (χ0) is 21.2.